The van der Waals surface area contributed by atoms with Crippen molar-refractivity contribution in [3.63, 3.8) is 0 Å². The maximum absolute atomic E-state index is 12.9. The number of carbonyl (C=O) groups excluding carboxylic acids is 1. The van der Waals surface area contributed by atoms with Crippen molar-refractivity contribution in [2.24, 2.45) is 0 Å². The summed E-state index contributed by atoms with van der Waals surface area (Å²) in [5.74, 6) is -0.0149. The molecule has 0 radical (unpaired) electrons. The highest BCUT2D eigenvalue weighted by atomic mass is 16.7. The summed E-state index contributed by atoms with van der Waals surface area (Å²) in [5, 5.41) is 3.84. The summed E-state index contributed by atoms with van der Waals surface area (Å²) in [7, 11) is 0. The molecule has 1 aromatic carbocycles. The van der Waals surface area contributed by atoms with E-state index in [1.807, 2.05) is 36.1 Å². The lowest BCUT2D eigenvalue weighted by Gasteiger charge is -2.37. The number of rotatable bonds is 2. The van der Waals surface area contributed by atoms with Gasteiger partial charge in [-0.2, -0.15) is 0 Å². The van der Waals surface area contributed by atoms with Crippen LogP contribution in [0.25, 0.3) is 11.3 Å². The Morgan fingerprint density at radius 1 is 1.12 bits per heavy atom. The Balaban J connectivity index is 1.51. The minimum absolute atomic E-state index is 0.0559. The van der Waals surface area contributed by atoms with Crippen molar-refractivity contribution in [1.29, 1.82) is 0 Å². The van der Waals surface area contributed by atoms with E-state index in [1.165, 1.54) is 6.20 Å². The lowest BCUT2D eigenvalue weighted by Crippen LogP contribution is -2.47. The van der Waals surface area contributed by atoms with E-state index in [0.29, 0.717) is 50.5 Å². The van der Waals surface area contributed by atoms with Crippen molar-refractivity contribution in [1.82, 2.24) is 10.1 Å². The molecule has 0 N–H and O–H groups in total. The quantitative estimate of drug-likeness (QED) is 0.848. The van der Waals surface area contributed by atoms with E-state index in [0.717, 1.165) is 11.1 Å². The SMILES string of the molecule is Cc1ccc(-c2oncc2C(=O)N2CCC3(CC2)OCCO3)cc1. The summed E-state index contributed by atoms with van der Waals surface area (Å²) in [4.78, 5) is 14.7. The van der Waals surface area contributed by atoms with Crippen LogP contribution >= 0.6 is 0 Å². The second-order valence-electron chi connectivity index (χ2n) is 6.33. The second kappa shape index (κ2) is 6.03. The third kappa shape index (κ3) is 2.72. The van der Waals surface area contributed by atoms with E-state index in [1.54, 1.807) is 0 Å². The number of amides is 1. The molecule has 2 saturated heterocycles. The van der Waals surface area contributed by atoms with Crippen LogP contribution in [0.1, 0.15) is 28.8 Å². The average Bonchev–Trinajstić information content (AvgIpc) is 3.26. The average molecular weight is 328 g/mol. The highest BCUT2D eigenvalue weighted by molar-refractivity contribution is 5.99. The van der Waals surface area contributed by atoms with Crippen LogP contribution in [-0.4, -0.2) is 48.1 Å². The number of ether oxygens (including phenoxy) is 2. The molecule has 0 bridgehead atoms. The van der Waals surface area contributed by atoms with Crippen molar-refractivity contribution in [2.75, 3.05) is 26.3 Å². The van der Waals surface area contributed by atoms with Gasteiger partial charge >= 0.3 is 0 Å². The molecule has 6 nitrogen and oxygen atoms in total. The Morgan fingerprint density at radius 3 is 2.46 bits per heavy atom. The molecule has 2 aromatic rings. The molecule has 1 spiro atoms. The van der Waals surface area contributed by atoms with Crippen LogP contribution in [0.3, 0.4) is 0 Å². The van der Waals surface area contributed by atoms with Crippen LogP contribution in [0, 0.1) is 6.92 Å². The molecule has 24 heavy (non-hydrogen) atoms. The van der Waals surface area contributed by atoms with Gasteiger partial charge in [0.1, 0.15) is 5.56 Å². The number of carbonyl (C=O) groups is 1. The molecular formula is C18H20N2O4. The largest absolute Gasteiger partial charge is 0.355 e. The maximum atomic E-state index is 12.9. The van der Waals surface area contributed by atoms with E-state index in [4.69, 9.17) is 14.0 Å². The minimum atomic E-state index is -0.481. The van der Waals surface area contributed by atoms with Crippen LogP contribution in [-0.2, 0) is 9.47 Å². The van der Waals surface area contributed by atoms with Gasteiger partial charge in [0.05, 0.1) is 19.4 Å². The Morgan fingerprint density at radius 2 is 1.79 bits per heavy atom. The summed E-state index contributed by atoms with van der Waals surface area (Å²) in [6.07, 6.45) is 2.90. The third-order valence-corrected chi connectivity index (χ3v) is 4.74. The Labute approximate surface area is 140 Å². The van der Waals surface area contributed by atoms with E-state index < -0.39 is 5.79 Å². The molecule has 2 aliphatic rings. The van der Waals surface area contributed by atoms with E-state index in [2.05, 4.69) is 5.16 Å². The highest BCUT2D eigenvalue weighted by Crippen LogP contribution is 2.33. The standard InChI is InChI=1S/C18H20N2O4/c1-13-2-4-14(5-3-13)16-15(12-19-24-16)17(21)20-8-6-18(7-9-20)22-10-11-23-18/h2-5,12H,6-11H2,1H3. The number of likely N-dealkylation sites (tertiary alicyclic amines) is 1. The number of hydrogen-bond acceptors (Lipinski definition) is 5. The molecule has 126 valence electrons. The Hall–Kier alpha value is -2.18. The zero-order valence-electron chi connectivity index (χ0n) is 13.7. The molecule has 6 heteroatoms. The molecule has 2 aliphatic heterocycles. The number of nitrogens with zero attached hydrogens (tertiary/aromatic N) is 2. The van der Waals surface area contributed by atoms with Crippen molar-refractivity contribution >= 4 is 5.91 Å². The molecule has 2 fully saturated rings. The molecule has 1 aromatic heterocycles. The van der Waals surface area contributed by atoms with Crippen LogP contribution in [0.4, 0.5) is 0 Å². The molecule has 1 amide bonds. The van der Waals surface area contributed by atoms with Gasteiger partial charge in [-0.3, -0.25) is 4.79 Å². The van der Waals surface area contributed by atoms with Gasteiger partial charge in [-0.15, -0.1) is 0 Å². The highest BCUT2D eigenvalue weighted by Gasteiger charge is 2.41. The molecule has 4 rings (SSSR count). The first kappa shape index (κ1) is 15.4. The monoisotopic (exact) mass is 328 g/mol. The van der Waals surface area contributed by atoms with Gasteiger partial charge in [-0.1, -0.05) is 35.0 Å². The molecular weight excluding hydrogens is 308 g/mol. The normalized spacial score (nSPS) is 19.8. The van der Waals surface area contributed by atoms with Gasteiger partial charge in [0, 0.05) is 31.5 Å². The first-order valence-corrected chi connectivity index (χ1v) is 8.26. The van der Waals surface area contributed by atoms with Crippen molar-refractivity contribution in [2.45, 2.75) is 25.6 Å². The number of aryl methyl sites for hydroxylation is 1. The van der Waals surface area contributed by atoms with Gasteiger partial charge in [0.25, 0.3) is 5.91 Å². The number of piperidine rings is 1. The lowest BCUT2D eigenvalue weighted by atomic mass is 10.0. The fourth-order valence-electron chi connectivity index (χ4n) is 3.31. The predicted molar refractivity (Wildman–Crippen MR) is 86.4 cm³/mol. The van der Waals surface area contributed by atoms with Crippen LogP contribution in [0.2, 0.25) is 0 Å². The zero-order valence-corrected chi connectivity index (χ0v) is 13.7. The van der Waals surface area contributed by atoms with Gasteiger partial charge in [-0.25, -0.2) is 0 Å². The lowest BCUT2D eigenvalue weighted by molar-refractivity contribution is -0.181. The molecule has 0 unspecified atom stereocenters. The van der Waals surface area contributed by atoms with Gasteiger partial charge in [0.15, 0.2) is 11.5 Å². The first-order chi connectivity index (χ1) is 11.7. The number of benzene rings is 1. The van der Waals surface area contributed by atoms with Crippen molar-refractivity contribution in [3.05, 3.63) is 41.6 Å². The van der Waals surface area contributed by atoms with Gasteiger partial charge in [0.2, 0.25) is 0 Å². The smallest absolute Gasteiger partial charge is 0.259 e. The van der Waals surface area contributed by atoms with Crippen LogP contribution in [0.5, 0.6) is 0 Å². The van der Waals surface area contributed by atoms with E-state index >= 15 is 0 Å². The summed E-state index contributed by atoms with van der Waals surface area (Å²) >= 11 is 0. The zero-order chi connectivity index (χ0) is 16.6. The van der Waals surface area contributed by atoms with Crippen molar-refractivity contribution in [3.8, 4) is 11.3 Å². The molecule has 3 heterocycles. The fourth-order valence-corrected chi connectivity index (χ4v) is 3.31. The summed E-state index contributed by atoms with van der Waals surface area (Å²) in [6.45, 7) is 4.51. The van der Waals surface area contributed by atoms with Gasteiger partial charge in [-0.05, 0) is 6.92 Å². The van der Waals surface area contributed by atoms with Crippen LogP contribution in [0.15, 0.2) is 35.0 Å². The Kier molecular flexibility index (Phi) is 3.86. The molecule has 0 atom stereocenters. The topological polar surface area (TPSA) is 64.8 Å². The molecule has 0 saturated carbocycles. The van der Waals surface area contributed by atoms with E-state index in [9.17, 15) is 4.79 Å². The fraction of sp³-hybridized carbons (Fsp3) is 0.444. The minimum Gasteiger partial charge on any atom is -0.355 e. The molecule has 0 aliphatic carbocycles. The van der Waals surface area contributed by atoms with Crippen LogP contribution < -0.4 is 0 Å². The number of aromatic nitrogens is 1. The first-order valence-electron chi connectivity index (χ1n) is 8.26. The Bertz CT molecular complexity index is 722. The van der Waals surface area contributed by atoms with E-state index in [-0.39, 0.29) is 5.91 Å². The maximum Gasteiger partial charge on any atom is 0.259 e. The van der Waals surface area contributed by atoms with Gasteiger partial charge < -0.3 is 18.9 Å². The summed E-state index contributed by atoms with van der Waals surface area (Å²) < 4.78 is 16.8. The number of hydrogen-bond donors (Lipinski definition) is 0. The third-order valence-electron chi connectivity index (χ3n) is 4.74. The predicted octanol–water partition coefficient (Wildman–Crippen LogP) is 2.63. The van der Waals surface area contributed by atoms with Crippen molar-refractivity contribution < 1.29 is 18.8 Å². The summed E-state index contributed by atoms with van der Waals surface area (Å²) in [6, 6.07) is 7.87. The second-order valence-corrected chi connectivity index (χ2v) is 6.33. The summed E-state index contributed by atoms with van der Waals surface area (Å²) in [5.41, 5.74) is 2.52.